The van der Waals surface area contributed by atoms with Crippen LogP contribution in [0.2, 0.25) is 0 Å². The lowest BCUT2D eigenvalue weighted by Gasteiger charge is -2.31. The molecule has 0 saturated heterocycles. The van der Waals surface area contributed by atoms with Crippen molar-refractivity contribution < 1.29 is 4.79 Å². The average molecular weight is 264 g/mol. The van der Waals surface area contributed by atoms with Gasteiger partial charge in [-0.1, -0.05) is 43.6 Å². The Bertz CT molecular complexity index is 199. The largest absolute Gasteiger partial charge is 0.350 e. The van der Waals surface area contributed by atoms with E-state index in [0.717, 1.165) is 0 Å². The minimum absolute atomic E-state index is 0.0699. The molecule has 0 radical (unpaired) electrons. The van der Waals surface area contributed by atoms with E-state index in [1.54, 1.807) is 0 Å². The number of alkyl halides is 1. The summed E-state index contributed by atoms with van der Waals surface area (Å²) in [5, 5.41) is 3.05. The zero-order chi connectivity index (χ0) is 11.5. The van der Waals surface area contributed by atoms with Crippen LogP contribution in [0.25, 0.3) is 0 Å². The summed E-state index contributed by atoms with van der Waals surface area (Å²) in [7, 11) is 0. The molecular formula is C11H22BrNO. The molecular weight excluding hydrogens is 242 g/mol. The predicted molar refractivity (Wildman–Crippen MR) is 64.6 cm³/mol. The summed E-state index contributed by atoms with van der Waals surface area (Å²) in [5.74, 6) is 0.591. The Balaban J connectivity index is 4.32. The van der Waals surface area contributed by atoms with Gasteiger partial charge in [-0.2, -0.15) is 0 Å². The van der Waals surface area contributed by atoms with Gasteiger partial charge in [0.05, 0.1) is 0 Å². The van der Waals surface area contributed by atoms with Crippen LogP contribution >= 0.6 is 15.9 Å². The molecule has 0 fully saturated rings. The van der Waals surface area contributed by atoms with Crippen LogP contribution in [0, 0.1) is 11.8 Å². The summed E-state index contributed by atoms with van der Waals surface area (Å²) in [6.45, 7) is 12.2. The average Bonchev–Trinajstić information content (AvgIpc) is 2.01. The maximum atomic E-state index is 11.8. The summed E-state index contributed by atoms with van der Waals surface area (Å²) in [6, 6.07) is 0. The Morgan fingerprint density at radius 1 is 1.21 bits per heavy atom. The highest BCUT2D eigenvalue weighted by Gasteiger charge is 2.28. The van der Waals surface area contributed by atoms with Crippen molar-refractivity contribution in [2.24, 2.45) is 11.8 Å². The van der Waals surface area contributed by atoms with E-state index in [1.165, 1.54) is 0 Å². The van der Waals surface area contributed by atoms with E-state index in [-0.39, 0.29) is 22.2 Å². The van der Waals surface area contributed by atoms with E-state index in [9.17, 15) is 4.79 Å². The molecule has 0 spiro atoms. The number of rotatable bonds is 4. The molecule has 0 aromatic rings. The van der Waals surface area contributed by atoms with Crippen molar-refractivity contribution >= 4 is 21.8 Å². The van der Waals surface area contributed by atoms with Gasteiger partial charge in [0.2, 0.25) is 5.91 Å². The molecule has 0 heterocycles. The highest BCUT2D eigenvalue weighted by atomic mass is 79.9. The molecule has 0 aliphatic rings. The summed E-state index contributed by atoms with van der Waals surface area (Å²) >= 11 is 3.50. The van der Waals surface area contributed by atoms with Gasteiger partial charge in [-0.3, -0.25) is 4.79 Å². The van der Waals surface area contributed by atoms with Crippen molar-refractivity contribution in [2.75, 3.05) is 0 Å². The lowest BCUT2D eigenvalue weighted by molar-refractivity contribution is -0.127. The molecule has 0 aliphatic carbocycles. The fourth-order valence-electron chi connectivity index (χ4n) is 0.834. The quantitative estimate of drug-likeness (QED) is 0.777. The van der Waals surface area contributed by atoms with Crippen LogP contribution < -0.4 is 5.32 Å². The van der Waals surface area contributed by atoms with Crippen LogP contribution in [0.15, 0.2) is 0 Å². The van der Waals surface area contributed by atoms with Gasteiger partial charge in [-0.05, 0) is 19.8 Å². The van der Waals surface area contributed by atoms with Gasteiger partial charge in [-0.15, -0.1) is 0 Å². The van der Waals surface area contributed by atoms with E-state index in [0.29, 0.717) is 5.92 Å². The van der Waals surface area contributed by atoms with Gasteiger partial charge in [-0.25, -0.2) is 0 Å². The lowest BCUT2D eigenvalue weighted by Crippen LogP contribution is -2.51. The normalized spacial score (nSPS) is 16.6. The second-order valence-electron chi connectivity index (χ2n) is 4.86. The fourth-order valence-corrected chi connectivity index (χ4v) is 0.948. The fraction of sp³-hybridized carbons (Fsp3) is 0.909. The van der Waals surface area contributed by atoms with Crippen molar-refractivity contribution in [2.45, 2.75) is 51.9 Å². The molecule has 2 unspecified atom stereocenters. The van der Waals surface area contributed by atoms with Crippen LogP contribution in [0.3, 0.4) is 0 Å². The molecule has 14 heavy (non-hydrogen) atoms. The first kappa shape index (κ1) is 13.9. The van der Waals surface area contributed by atoms with Gasteiger partial charge in [0.25, 0.3) is 0 Å². The number of carbonyl (C=O) groups is 1. The molecule has 0 aliphatic heterocycles. The third-order valence-electron chi connectivity index (χ3n) is 2.85. The SMILES string of the molecule is CC(C)C(C)C(=O)NC(C)(C)C(C)Br. The third kappa shape index (κ3) is 3.99. The van der Waals surface area contributed by atoms with E-state index in [4.69, 9.17) is 0 Å². The standard InChI is InChI=1S/C11H22BrNO/c1-7(2)8(3)10(14)13-11(5,6)9(4)12/h7-9H,1-6H3,(H,13,14). The second kappa shape index (κ2) is 5.15. The summed E-state index contributed by atoms with van der Waals surface area (Å²) in [4.78, 5) is 12.0. The smallest absolute Gasteiger partial charge is 0.223 e. The van der Waals surface area contributed by atoms with Gasteiger partial charge in [0.15, 0.2) is 0 Å². The van der Waals surface area contributed by atoms with E-state index in [1.807, 2.05) is 27.7 Å². The predicted octanol–water partition coefficient (Wildman–Crippen LogP) is 2.96. The van der Waals surface area contributed by atoms with Crippen molar-refractivity contribution in [3.63, 3.8) is 0 Å². The van der Waals surface area contributed by atoms with Crippen LogP contribution in [0.5, 0.6) is 0 Å². The van der Waals surface area contributed by atoms with Gasteiger partial charge in [0, 0.05) is 16.3 Å². The first-order valence-electron chi connectivity index (χ1n) is 5.14. The molecule has 0 aromatic heterocycles. The third-order valence-corrected chi connectivity index (χ3v) is 4.00. The topological polar surface area (TPSA) is 29.1 Å². The number of halogens is 1. The van der Waals surface area contributed by atoms with Crippen molar-refractivity contribution in [3.8, 4) is 0 Å². The molecule has 2 atom stereocenters. The minimum Gasteiger partial charge on any atom is -0.350 e. The van der Waals surface area contributed by atoms with Crippen molar-refractivity contribution in [1.29, 1.82) is 0 Å². The van der Waals surface area contributed by atoms with Gasteiger partial charge >= 0.3 is 0 Å². The summed E-state index contributed by atoms with van der Waals surface area (Å²) in [5.41, 5.74) is -0.194. The molecule has 84 valence electrons. The Hall–Kier alpha value is -0.0500. The first-order valence-corrected chi connectivity index (χ1v) is 6.06. The number of hydrogen-bond donors (Lipinski definition) is 1. The van der Waals surface area contributed by atoms with Gasteiger partial charge in [0.1, 0.15) is 0 Å². The molecule has 3 heteroatoms. The molecule has 2 nitrogen and oxygen atoms in total. The highest BCUT2D eigenvalue weighted by molar-refractivity contribution is 9.09. The number of nitrogens with one attached hydrogen (secondary N) is 1. The molecule has 1 N–H and O–H groups in total. The van der Waals surface area contributed by atoms with Crippen LogP contribution in [0.1, 0.15) is 41.5 Å². The maximum absolute atomic E-state index is 11.8. The zero-order valence-electron chi connectivity index (χ0n) is 10.0. The van der Waals surface area contributed by atoms with Crippen LogP contribution in [-0.2, 0) is 4.79 Å². The summed E-state index contributed by atoms with van der Waals surface area (Å²) in [6.07, 6.45) is 0. The van der Waals surface area contributed by atoms with Crippen molar-refractivity contribution in [3.05, 3.63) is 0 Å². The van der Waals surface area contributed by atoms with E-state index < -0.39 is 0 Å². The molecule has 0 aromatic carbocycles. The van der Waals surface area contributed by atoms with Crippen molar-refractivity contribution in [1.82, 2.24) is 5.32 Å². The van der Waals surface area contributed by atoms with E-state index >= 15 is 0 Å². The second-order valence-corrected chi connectivity index (χ2v) is 6.23. The van der Waals surface area contributed by atoms with Crippen LogP contribution in [0.4, 0.5) is 0 Å². The Morgan fingerprint density at radius 3 is 1.93 bits per heavy atom. The van der Waals surface area contributed by atoms with Gasteiger partial charge < -0.3 is 5.32 Å². The van der Waals surface area contributed by atoms with Crippen LogP contribution in [-0.4, -0.2) is 16.3 Å². The molecule has 0 saturated carbocycles. The highest BCUT2D eigenvalue weighted by Crippen LogP contribution is 2.18. The monoisotopic (exact) mass is 263 g/mol. The zero-order valence-corrected chi connectivity index (χ0v) is 11.6. The Morgan fingerprint density at radius 2 is 1.64 bits per heavy atom. The molecule has 0 rings (SSSR count). The first-order chi connectivity index (χ1) is 6.18. The summed E-state index contributed by atoms with van der Waals surface area (Å²) < 4.78 is 0. The molecule has 0 bridgehead atoms. The molecule has 1 amide bonds. The Kier molecular flexibility index (Phi) is 5.13. The number of carbonyl (C=O) groups excluding carboxylic acids is 1. The minimum atomic E-state index is -0.194. The lowest BCUT2D eigenvalue weighted by atomic mass is 9.94. The number of amides is 1. The maximum Gasteiger partial charge on any atom is 0.223 e. The Labute approximate surface area is 96.0 Å². The van der Waals surface area contributed by atoms with E-state index in [2.05, 4.69) is 35.1 Å². The number of hydrogen-bond acceptors (Lipinski definition) is 1.